The molecule has 2 aromatic carbocycles. The van der Waals surface area contributed by atoms with Gasteiger partial charge in [-0.15, -0.1) is 0 Å². The predicted molar refractivity (Wildman–Crippen MR) is 139 cm³/mol. The molecule has 196 valence electrons. The van der Waals surface area contributed by atoms with Crippen LogP contribution in [0.3, 0.4) is 0 Å². The minimum Gasteiger partial charge on any atom is -0.324 e. The van der Waals surface area contributed by atoms with E-state index in [0.29, 0.717) is 28.8 Å². The van der Waals surface area contributed by atoms with Gasteiger partial charge in [-0.1, -0.05) is 0 Å². The number of rotatable bonds is 6. The van der Waals surface area contributed by atoms with Crippen LogP contribution in [0.5, 0.6) is 0 Å². The van der Waals surface area contributed by atoms with Gasteiger partial charge in [0.25, 0.3) is 5.91 Å². The van der Waals surface area contributed by atoms with Gasteiger partial charge in [-0.2, -0.15) is 13.2 Å². The van der Waals surface area contributed by atoms with Crippen LogP contribution < -0.4 is 10.6 Å². The molecule has 39 heavy (non-hydrogen) atoms. The summed E-state index contributed by atoms with van der Waals surface area (Å²) in [6.45, 7) is 3.51. The Kier molecular flexibility index (Phi) is 6.75. The first-order valence-electron chi connectivity index (χ1n) is 11.7. The fraction of sp³-hybridized carbons (Fsp3) is 0.111. The second-order valence-electron chi connectivity index (χ2n) is 8.52. The lowest BCUT2D eigenvalue weighted by molar-refractivity contribution is -0.137. The largest absolute Gasteiger partial charge is 0.416 e. The normalized spacial score (nSPS) is 11.3. The number of alkyl halides is 3. The Bertz CT molecular complexity index is 1650. The van der Waals surface area contributed by atoms with Crippen molar-refractivity contribution < 1.29 is 18.0 Å². The maximum absolute atomic E-state index is 13.6. The molecule has 5 rings (SSSR count). The molecule has 3 aromatic heterocycles. The molecule has 0 aliphatic heterocycles. The minimum atomic E-state index is -4.59. The first-order valence-corrected chi connectivity index (χ1v) is 11.7. The first-order chi connectivity index (χ1) is 18.7. The molecule has 0 radical (unpaired) electrons. The Balaban J connectivity index is 1.33. The molecular formula is C27H21F3N8O. The van der Waals surface area contributed by atoms with Crippen molar-refractivity contribution in [2.75, 3.05) is 10.6 Å². The van der Waals surface area contributed by atoms with E-state index in [1.165, 1.54) is 16.8 Å². The van der Waals surface area contributed by atoms with Gasteiger partial charge in [0.1, 0.15) is 11.5 Å². The quantitative estimate of drug-likeness (QED) is 0.288. The zero-order chi connectivity index (χ0) is 27.6. The van der Waals surface area contributed by atoms with E-state index < -0.39 is 17.6 Å². The van der Waals surface area contributed by atoms with Gasteiger partial charge in [0.05, 0.1) is 17.0 Å². The number of carbonyl (C=O) groups excluding carboxylic acids is 1. The van der Waals surface area contributed by atoms with Crippen molar-refractivity contribution in [2.45, 2.75) is 20.0 Å². The van der Waals surface area contributed by atoms with Crippen LogP contribution in [0.2, 0.25) is 0 Å². The second-order valence-corrected chi connectivity index (χ2v) is 8.52. The number of nitrogens with one attached hydrogen (secondary N) is 2. The summed E-state index contributed by atoms with van der Waals surface area (Å²) in [6, 6.07) is 11.5. The monoisotopic (exact) mass is 530 g/mol. The number of aryl methyl sites for hydroxylation is 2. The molecule has 0 bridgehead atoms. The van der Waals surface area contributed by atoms with Crippen molar-refractivity contribution in [1.82, 2.24) is 29.5 Å². The molecule has 0 saturated heterocycles. The van der Waals surface area contributed by atoms with Gasteiger partial charge in [0.2, 0.25) is 5.95 Å². The molecule has 0 aliphatic carbocycles. The summed E-state index contributed by atoms with van der Waals surface area (Å²) in [7, 11) is 0. The Hall–Kier alpha value is -5.13. The highest BCUT2D eigenvalue weighted by Crippen LogP contribution is 2.33. The summed E-state index contributed by atoms with van der Waals surface area (Å²) in [5.74, 6) is 0.266. The molecule has 0 spiro atoms. The summed E-state index contributed by atoms with van der Waals surface area (Å²) < 4.78 is 42.2. The summed E-state index contributed by atoms with van der Waals surface area (Å²) in [4.78, 5) is 34.2. The Morgan fingerprint density at radius 3 is 2.31 bits per heavy atom. The smallest absolute Gasteiger partial charge is 0.324 e. The van der Waals surface area contributed by atoms with Crippen molar-refractivity contribution in [2.24, 2.45) is 0 Å². The Morgan fingerprint density at radius 2 is 1.62 bits per heavy atom. The third-order valence-electron chi connectivity index (χ3n) is 5.79. The van der Waals surface area contributed by atoms with Crippen LogP contribution in [0.15, 0.2) is 79.5 Å². The molecule has 0 saturated carbocycles. The zero-order valence-electron chi connectivity index (χ0n) is 20.7. The minimum absolute atomic E-state index is 0.00430. The molecule has 9 nitrogen and oxygen atoms in total. The van der Waals surface area contributed by atoms with E-state index in [0.717, 1.165) is 17.8 Å². The van der Waals surface area contributed by atoms with Crippen LogP contribution in [0.4, 0.5) is 30.5 Å². The molecular weight excluding hydrogens is 509 g/mol. The number of benzene rings is 2. The van der Waals surface area contributed by atoms with Gasteiger partial charge in [-0.3, -0.25) is 14.8 Å². The lowest BCUT2D eigenvalue weighted by atomic mass is 10.1. The lowest BCUT2D eigenvalue weighted by Gasteiger charge is -2.14. The number of imidazole rings is 1. The zero-order valence-corrected chi connectivity index (χ0v) is 20.7. The number of halogens is 3. The van der Waals surface area contributed by atoms with Gasteiger partial charge < -0.3 is 15.2 Å². The molecule has 2 N–H and O–H groups in total. The van der Waals surface area contributed by atoms with Crippen molar-refractivity contribution in [1.29, 1.82) is 0 Å². The van der Waals surface area contributed by atoms with Gasteiger partial charge in [-0.05, 0) is 62.4 Å². The van der Waals surface area contributed by atoms with E-state index in [9.17, 15) is 18.0 Å². The maximum atomic E-state index is 13.6. The summed E-state index contributed by atoms with van der Waals surface area (Å²) in [5.41, 5.74) is 2.17. The molecule has 0 aliphatic rings. The van der Waals surface area contributed by atoms with Crippen LogP contribution in [0.25, 0.3) is 17.1 Å². The van der Waals surface area contributed by atoms with Crippen molar-refractivity contribution >= 4 is 23.2 Å². The molecule has 5 aromatic rings. The summed E-state index contributed by atoms with van der Waals surface area (Å²) in [5, 5.41) is 5.63. The topological polar surface area (TPSA) is 111 Å². The molecule has 1 amide bonds. The SMILES string of the molecule is Cc1nccnc1-c1ccnc(Nc2ccc(C(=O)Nc3cc(-n4ccnc4C)cc(C(F)(F)F)c3)cc2)n1. The van der Waals surface area contributed by atoms with E-state index in [1.807, 2.05) is 6.92 Å². The van der Waals surface area contributed by atoms with Crippen LogP contribution >= 0.6 is 0 Å². The van der Waals surface area contributed by atoms with E-state index in [4.69, 9.17) is 0 Å². The fourth-order valence-corrected chi connectivity index (χ4v) is 3.88. The summed E-state index contributed by atoms with van der Waals surface area (Å²) in [6.07, 6.45) is 3.22. The van der Waals surface area contributed by atoms with Crippen molar-refractivity contribution in [3.8, 4) is 17.1 Å². The molecule has 0 fully saturated rings. The number of amides is 1. The third kappa shape index (κ3) is 5.74. The average Bonchev–Trinajstić information content (AvgIpc) is 3.34. The number of hydrogen-bond acceptors (Lipinski definition) is 7. The number of nitrogens with zero attached hydrogens (tertiary/aromatic N) is 6. The van der Waals surface area contributed by atoms with Crippen LogP contribution in [0, 0.1) is 13.8 Å². The molecule has 0 unspecified atom stereocenters. The first kappa shape index (κ1) is 25.5. The molecule has 12 heteroatoms. The number of aromatic nitrogens is 6. The molecule has 3 heterocycles. The highest BCUT2D eigenvalue weighted by Gasteiger charge is 2.31. The third-order valence-corrected chi connectivity index (χ3v) is 5.79. The van der Waals surface area contributed by atoms with Gasteiger partial charge in [0.15, 0.2) is 0 Å². The van der Waals surface area contributed by atoms with Crippen LogP contribution in [0.1, 0.15) is 27.4 Å². The van der Waals surface area contributed by atoms with E-state index in [2.05, 4.69) is 35.6 Å². The van der Waals surface area contributed by atoms with Gasteiger partial charge in [0, 0.05) is 53.6 Å². The molecule has 0 atom stereocenters. The van der Waals surface area contributed by atoms with Crippen LogP contribution in [-0.4, -0.2) is 35.4 Å². The van der Waals surface area contributed by atoms with Crippen molar-refractivity contribution in [3.05, 3.63) is 102 Å². The van der Waals surface area contributed by atoms with Gasteiger partial charge in [-0.25, -0.2) is 15.0 Å². The van der Waals surface area contributed by atoms with E-state index in [1.54, 1.807) is 62.0 Å². The predicted octanol–water partition coefficient (Wildman–Crippen LogP) is 5.75. The average molecular weight is 531 g/mol. The number of hydrogen-bond donors (Lipinski definition) is 2. The highest BCUT2D eigenvalue weighted by atomic mass is 19.4. The maximum Gasteiger partial charge on any atom is 0.416 e. The van der Waals surface area contributed by atoms with Crippen molar-refractivity contribution in [3.63, 3.8) is 0 Å². The Morgan fingerprint density at radius 1 is 0.846 bits per heavy atom. The summed E-state index contributed by atoms with van der Waals surface area (Å²) >= 11 is 0. The van der Waals surface area contributed by atoms with E-state index >= 15 is 0 Å². The number of anilines is 3. The standard InChI is InChI=1S/C27H21F3N8O/c1-16-24(33-10-9-31-16)23-7-8-34-26(37-23)36-20-5-3-18(4-6-20)25(39)35-21-13-19(27(28,29)30)14-22(15-21)38-12-11-32-17(38)2/h3-15H,1-2H3,(H,35,39)(H,34,36,37). The van der Waals surface area contributed by atoms with Crippen LogP contribution in [-0.2, 0) is 6.18 Å². The Labute approximate surface area is 220 Å². The van der Waals surface area contributed by atoms with Gasteiger partial charge >= 0.3 is 6.18 Å². The number of carbonyl (C=O) groups is 1. The van der Waals surface area contributed by atoms with E-state index in [-0.39, 0.29) is 16.9 Å². The highest BCUT2D eigenvalue weighted by molar-refractivity contribution is 6.04. The fourth-order valence-electron chi connectivity index (χ4n) is 3.88. The lowest BCUT2D eigenvalue weighted by Crippen LogP contribution is -2.14. The second kappa shape index (κ2) is 10.3.